The highest BCUT2D eigenvalue weighted by atomic mass is 79.9. The fourth-order valence-electron chi connectivity index (χ4n) is 0.935. The lowest BCUT2D eigenvalue weighted by Crippen LogP contribution is -2.04. The zero-order chi connectivity index (χ0) is 9.26. The van der Waals surface area contributed by atoms with E-state index in [4.69, 9.17) is 9.47 Å². The molecule has 1 fully saturated rings. The molecule has 1 atom stereocenters. The number of ether oxygens (including phenoxy) is 2. The van der Waals surface area contributed by atoms with Crippen molar-refractivity contribution in [3.63, 3.8) is 0 Å². The van der Waals surface area contributed by atoms with Gasteiger partial charge in [-0.15, -0.1) is 0 Å². The van der Waals surface area contributed by atoms with Gasteiger partial charge in [-0.3, -0.25) is 0 Å². The standard InChI is InChI=1S/C9H8BrFO2/c10-8-2-1-6(11)3-9(8)13-5-7-4-12-7/h1-3,7H,4-5H2/t7-/m0/s1. The lowest BCUT2D eigenvalue weighted by atomic mass is 10.3. The third kappa shape index (κ3) is 2.42. The van der Waals surface area contributed by atoms with Crippen LogP contribution in [0.5, 0.6) is 5.75 Å². The highest BCUT2D eigenvalue weighted by Crippen LogP contribution is 2.26. The summed E-state index contributed by atoms with van der Waals surface area (Å²) in [5, 5.41) is 0. The third-order valence-corrected chi connectivity index (χ3v) is 2.38. The van der Waals surface area contributed by atoms with Gasteiger partial charge in [0.1, 0.15) is 24.3 Å². The first-order chi connectivity index (χ1) is 6.25. The Morgan fingerprint density at radius 3 is 3.08 bits per heavy atom. The molecule has 0 unspecified atom stereocenters. The van der Waals surface area contributed by atoms with Crippen LogP contribution >= 0.6 is 15.9 Å². The predicted molar refractivity (Wildman–Crippen MR) is 49.3 cm³/mol. The first-order valence-electron chi connectivity index (χ1n) is 3.95. The summed E-state index contributed by atoms with van der Waals surface area (Å²) in [6, 6.07) is 4.36. The van der Waals surface area contributed by atoms with Crippen molar-refractivity contribution in [3.8, 4) is 5.75 Å². The van der Waals surface area contributed by atoms with Crippen LogP contribution < -0.4 is 4.74 Å². The fourth-order valence-corrected chi connectivity index (χ4v) is 1.30. The number of hydrogen-bond donors (Lipinski definition) is 0. The minimum Gasteiger partial charge on any atom is -0.489 e. The number of halogens is 2. The maximum absolute atomic E-state index is 12.8. The molecule has 0 spiro atoms. The van der Waals surface area contributed by atoms with Gasteiger partial charge in [0, 0.05) is 6.07 Å². The summed E-state index contributed by atoms with van der Waals surface area (Å²) in [5.41, 5.74) is 0. The molecule has 1 saturated heterocycles. The van der Waals surface area contributed by atoms with E-state index in [1.165, 1.54) is 12.1 Å². The molecular formula is C9H8BrFO2. The van der Waals surface area contributed by atoms with Crippen molar-refractivity contribution in [1.29, 1.82) is 0 Å². The van der Waals surface area contributed by atoms with Crippen LogP contribution in [0.4, 0.5) is 4.39 Å². The van der Waals surface area contributed by atoms with E-state index in [2.05, 4.69) is 15.9 Å². The molecule has 0 N–H and O–H groups in total. The molecule has 13 heavy (non-hydrogen) atoms. The van der Waals surface area contributed by atoms with Crippen LogP contribution in [-0.4, -0.2) is 19.3 Å². The van der Waals surface area contributed by atoms with E-state index in [0.29, 0.717) is 12.4 Å². The molecule has 0 aliphatic carbocycles. The molecule has 0 aromatic heterocycles. The van der Waals surface area contributed by atoms with Crippen molar-refractivity contribution in [2.24, 2.45) is 0 Å². The van der Waals surface area contributed by atoms with Crippen LogP contribution in [0, 0.1) is 5.82 Å². The molecule has 2 nitrogen and oxygen atoms in total. The molecule has 1 aromatic rings. The zero-order valence-electron chi connectivity index (χ0n) is 6.80. The van der Waals surface area contributed by atoms with Crippen LogP contribution in [0.1, 0.15) is 0 Å². The highest BCUT2D eigenvalue weighted by Gasteiger charge is 2.23. The normalized spacial score (nSPS) is 20.0. The minimum absolute atomic E-state index is 0.190. The fraction of sp³-hybridized carbons (Fsp3) is 0.333. The van der Waals surface area contributed by atoms with Gasteiger partial charge in [0.25, 0.3) is 0 Å². The quantitative estimate of drug-likeness (QED) is 0.765. The average molecular weight is 247 g/mol. The predicted octanol–water partition coefficient (Wildman–Crippen LogP) is 2.37. The Labute approximate surface area is 83.8 Å². The third-order valence-electron chi connectivity index (χ3n) is 1.72. The summed E-state index contributed by atoms with van der Waals surface area (Å²) < 4.78 is 23.8. The molecular weight excluding hydrogens is 239 g/mol. The molecule has 0 saturated carbocycles. The van der Waals surface area contributed by atoms with Crippen molar-refractivity contribution in [1.82, 2.24) is 0 Å². The van der Waals surface area contributed by atoms with Gasteiger partial charge < -0.3 is 9.47 Å². The van der Waals surface area contributed by atoms with Crippen molar-refractivity contribution >= 4 is 15.9 Å². The first-order valence-corrected chi connectivity index (χ1v) is 4.74. The van der Waals surface area contributed by atoms with Gasteiger partial charge in [0.05, 0.1) is 11.1 Å². The van der Waals surface area contributed by atoms with E-state index in [1.54, 1.807) is 6.07 Å². The summed E-state index contributed by atoms with van der Waals surface area (Å²) in [6.07, 6.45) is 0.190. The Balaban J connectivity index is 2.03. The van der Waals surface area contributed by atoms with Gasteiger partial charge in [0.2, 0.25) is 0 Å². The van der Waals surface area contributed by atoms with Crippen LogP contribution in [-0.2, 0) is 4.74 Å². The van der Waals surface area contributed by atoms with E-state index in [1.807, 2.05) is 0 Å². The molecule has 1 aliphatic heterocycles. The molecule has 0 amide bonds. The summed E-state index contributed by atoms with van der Waals surface area (Å²) in [7, 11) is 0. The molecule has 0 bridgehead atoms. The second-order valence-electron chi connectivity index (χ2n) is 2.84. The van der Waals surface area contributed by atoms with E-state index in [0.717, 1.165) is 11.1 Å². The first kappa shape index (κ1) is 8.97. The zero-order valence-corrected chi connectivity index (χ0v) is 8.38. The Kier molecular flexibility index (Phi) is 2.51. The summed E-state index contributed by atoms with van der Waals surface area (Å²) in [4.78, 5) is 0. The van der Waals surface area contributed by atoms with E-state index >= 15 is 0 Å². The van der Waals surface area contributed by atoms with E-state index in [9.17, 15) is 4.39 Å². The molecule has 1 aliphatic rings. The van der Waals surface area contributed by atoms with E-state index < -0.39 is 0 Å². The Morgan fingerprint density at radius 2 is 2.38 bits per heavy atom. The van der Waals surface area contributed by atoms with Crippen molar-refractivity contribution < 1.29 is 13.9 Å². The van der Waals surface area contributed by atoms with Crippen molar-refractivity contribution in [2.75, 3.05) is 13.2 Å². The Bertz CT molecular complexity index is 312. The molecule has 2 rings (SSSR count). The Hall–Kier alpha value is -0.610. The topological polar surface area (TPSA) is 21.8 Å². The van der Waals surface area contributed by atoms with Crippen molar-refractivity contribution in [2.45, 2.75) is 6.10 Å². The van der Waals surface area contributed by atoms with Gasteiger partial charge in [0.15, 0.2) is 0 Å². The molecule has 1 aromatic carbocycles. The minimum atomic E-state index is -0.296. The number of epoxide rings is 1. The number of rotatable bonds is 3. The molecule has 1 heterocycles. The van der Waals surface area contributed by atoms with E-state index in [-0.39, 0.29) is 11.9 Å². The maximum atomic E-state index is 12.8. The molecule has 0 radical (unpaired) electrons. The average Bonchev–Trinajstić information content (AvgIpc) is 2.90. The number of hydrogen-bond acceptors (Lipinski definition) is 2. The van der Waals surface area contributed by atoms with Crippen LogP contribution in [0.15, 0.2) is 22.7 Å². The lowest BCUT2D eigenvalue weighted by Gasteiger charge is -2.05. The summed E-state index contributed by atoms with van der Waals surface area (Å²) in [5.74, 6) is 0.227. The SMILES string of the molecule is Fc1ccc(Br)c(OC[C@@H]2CO2)c1. The van der Waals surface area contributed by atoms with Gasteiger partial charge in [-0.1, -0.05) is 0 Å². The van der Waals surface area contributed by atoms with Crippen LogP contribution in [0.25, 0.3) is 0 Å². The van der Waals surface area contributed by atoms with Crippen LogP contribution in [0.2, 0.25) is 0 Å². The number of benzene rings is 1. The van der Waals surface area contributed by atoms with Crippen molar-refractivity contribution in [3.05, 3.63) is 28.5 Å². The monoisotopic (exact) mass is 246 g/mol. The molecule has 4 heteroatoms. The highest BCUT2D eigenvalue weighted by molar-refractivity contribution is 9.10. The van der Waals surface area contributed by atoms with Gasteiger partial charge >= 0.3 is 0 Å². The summed E-state index contributed by atoms with van der Waals surface area (Å²) >= 11 is 3.27. The second-order valence-corrected chi connectivity index (χ2v) is 3.70. The van der Waals surface area contributed by atoms with Crippen LogP contribution in [0.3, 0.4) is 0 Å². The van der Waals surface area contributed by atoms with Gasteiger partial charge in [-0.2, -0.15) is 0 Å². The Morgan fingerprint density at radius 1 is 1.62 bits per heavy atom. The summed E-state index contributed by atoms with van der Waals surface area (Å²) in [6.45, 7) is 1.23. The molecule has 70 valence electrons. The van der Waals surface area contributed by atoms with Gasteiger partial charge in [-0.25, -0.2) is 4.39 Å². The smallest absolute Gasteiger partial charge is 0.136 e. The van der Waals surface area contributed by atoms with Gasteiger partial charge in [-0.05, 0) is 28.1 Å². The maximum Gasteiger partial charge on any atom is 0.136 e. The second kappa shape index (κ2) is 3.64. The largest absolute Gasteiger partial charge is 0.489 e. The lowest BCUT2D eigenvalue weighted by molar-refractivity contribution is 0.261.